The predicted molar refractivity (Wildman–Crippen MR) is 123 cm³/mol. The smallest absolute Gasteiger partial charge is 0.367 e. The van der Waals surface area contributed by atoms with E-state index in [0.29, 0.717) is 27.7 Å². The SMILES string of the molecule is Cc1nc(-c2ccc(F)cc2)c(C(=O)N2CCCC(C)C2CNc2ncccc2C(F)(F)F)s1. The number of nitrogens with zero attached hydrogens (tertiary/aromatic N) is 3. The van der Waals surface area contributed by atoms with Crippen molar-refractivity contribution in [1.82, 2.24) is 14.9 Å². The number of anilines is 1. The average Bonchev–Trinajstić information content (AvgIpc) is 3.19. The second-order valence-corrected chi connectivity index (χ2v) is 9.58. The number of aromatic nitrogens is 2. The van der Waals surface area contributed by atoms with E-state index in [9.17, 15) is 22.4 Å². The monoisotopic (exact) mass is 492 g/mol. The molecule has 1 N–H and O–H groups in total. The number of carbonyl (C=O) groups excluding carboxylic acids is 1. The van der Waals surface area contributed by atoms with E-state index in [1.807, 2.05) is 6.92 Å². The van der Waals surface area contributed by atoms with Crippen molar-refractivity contribution in [3.05, 3.63) is 63.9 Å². The molecule has 2 aromatic heterocycles. The van der Waals surface area contributed by atoms with Gasteiger partial charge in [0.25, 0.3) is 5.91 Å². The number of pyridine rings is 1. The zero-order chi connectivity index (χ0) is 24.5. The lowest BCUT2D eigenvalue weighted by Crippen LogP contribution is -2.51. The molecule has 0 saturated carbocycles. The summed E-state index contributed by atoms with van der Waals surface area (Å²) < 4.78 is 53.5. The van der Waals surface area contributed by atoms with E-state index in [4.69, 9.17) is 0 Å². The molecule has 0 spiro atoms. The Morgan fingerprint density at radius 3 is 2.68 bits per heavy atom. The minimum Gasteiger partial charge on any atom is -0.367 e. The van der Waals surface area contributed by atoms with Crippen molar-refractivity contribution in [2.45, 2.75) is 38.9 Å². The van der Waals surface area contributed by atoms with E-state index in [-0.39, 0.29) is 36.0 Å². The number of hydrogen-bond acceptors (Lipinski definition) is 5. The van der Waals surface area contributed by atoms with Crippen LogP contribution in [0.15, 0.2) is 42.6 Å². The predicted octanol–water partition coefficient (Wildman–Crippen LogP) is 6.02. The van der Waals surface area contributed by atoms with Crippen LogP contribution in [0.2, 0.25) is 0 Å². The molecule has 180 valence electrons. The molecule has 0 radical (unpaired) electrons. The highest BCUT2D eigenvalue weighted by molar-refractivity contribution is 7.14. The molecule has 3 heterocycles. The summed E-state index contributed by atoms with van der Waals surface area (Å²) in [6.45, 7) is 4.42. The Labute approximate surface area is 198 Å². The Morgan fingerprint density at radius 1 is 1.24 bits per heavy atom. The van der Waals surface area contributed by atoms with E-state index >= 15 is 0 Å². The number of likely N-dealkylation sites (tertiary alicyclic amines) is 1. The topological polar surface area (TPSA) is 58.1 Å². The lowest BCUT2D eigenvalue weighted by molar-refractivity contribution is -0.137. The third kappa shape index (κ3) is 5.06. The molecule has 0 aliphatic carbocycles. The number of hydrogen-bond donors (Lipinski definition) is 1. The minimum atomic E-state index is -4.53. The first kappa shape index (κ1) is 24.1. The third-order valence-corrected chi connectivity index (χ3v) is 6.97. The van der Waals surface area contributed by atoms with Crippen LogP contribution < -0.4 is 5.32 Å². The highest BCUT2D eigenvalue weighted by atomic mass is 32.1. The molecular formula is C24H24F4N4OS. The van der Waals surface area contributed by atoms with Crippen molar-refractivity contribution >= 4 is 23.1 Å². The number of carbonyl (C=O) groups is 1. The number of aryl methyl sites for hydroxylation is 1. The van der Waals surface area contributed by atoms with E-state index in [1.54, 1.807) is 24.0 Å². The largest absolute Gasteiger partial charge is 0.419 e. The van der Waals surface area contributed by atoms with Crippen molar-refractivity contribution in [1.29, 1.82) is 0 Å². The first-order valence-electron chi connectivity index (χ1n) is 11.0. The van der Waals surface area contributed by atoms with Gasteiger partial charge in [-0.05, 0) is 62.1 Å². The van der Waals surface area contributed by atoms with Gasteiger partial charge < -0.3 is 10.2 Å². The summed E-state index contributed by atoms with van der Waals surface area (Å²) in [4.78, 5) is 24.2. The molecule has 1 fully saturated rings. The van der Waals surface area contributed by atoms with Crippen LogP contribution in [0.25, 0.3) is 11.3 Å². The second kappa shape index (κ2) is 9.69. The minimum absolute atomic E-state index is 0.0755. The summed E-state index contributed by atoms with van der Waals surface area (Å²) in [6, 6.07) is 7.70. The molecule has 4 rings (SSSR count). The van der Waals surface area contributed by atoms with Gasteiger partial charge >= 0.3 is 6.18 Å². The van der Waals surface area contributed by atoms with Gasteiger partial charge in [-0.3, -0.25) is 4.79 Å². The van der Waals surface area contributed by atoms with Crippen LogP contribution in [0.3, 0.4) is 0 Å². The number of thiazole rings is 1. The highest BCUT2D eigenvalue weighted by Crippen LogP contribution is 2.35. The number of amides is 1. The fourth-order valence-electron chi connectivity index (χ4n) is 4.29. The van der Waals surface area contributed by atoms with Crippen molar-refractivity contribution in [2.75, 3.05) is 18.4 Å². The van der Waals surface area contributed by atoms with E-state index in [1.165, 1.54) is 35.7 Å². The van der Waals surface area contributed by atoms with Gasteiger partial charge in [-0.2, -0.15) is 13.2 Å². The van der Waals surface area contributed by atoms with Crippen LogP contribution in [0.5, 0.6) is 0 Å². The lowest BCUT2D eigenvalue weighted by Gasteiger charge is -2.40. The molecule has 2 unspecified atom stereocenters. The summed E-state index contributed by atoms with van der Waals surface area (Å²) in [7, 11) is 0. The van der Waals surface area contributed by atoms with Crippen molar-refractivity contribution in [3.8, 4) is 11.3 Å². The standard InChI is InChI=1S/C24H24F4N4OS/c1-14-5-4-12-32(19(14)13-30-22-18(24(26,27)28)6-3-11-29-22)23(33)21-20(31-15(2)34-21)16-7-9-17(25)10-8-16/h3,6-11,14,19H,4-5,12-13H2,1-2H3,(H,29,30). The molecule has 34 heavy (non-hydrogen) atoms. The van der Waals surface area contributed by atoms with Gasteiger partial charge in [-0.1, -0.05) is 6.92 Å². The number of alkyl halides is 3. The van der Waals surface area contributed by atoms with Crippen LogP contribution in [-0.4, -0.2) is 39.9 Å². The van der Waals surface area contributed by atoms with Crippen LogP contribution in [-0.2, 0) is 6.18 Å². The first-order chi connectivity index (χ1) is 16.1. The number of piperidine rings is 1. The van der Waals surface area contributed by atoms with Gasteiger partial charge in [-0.25, -0.2) is 14.4 Å². The molecule has 1 aromatic carbocycles. The van der Waals surface area contributed by atoms with Crippen molar-refractivity contribution in [3.63, 3.8) is 0 Å². The van der Waals surface area contributed by atoms with Crippen LogP contribution in [0.4, 0.5) is 23.4 Å². The maximum atomic E-state index is 13.7. The Balaban J connectivity index is 1.60. The Hall–Kier alpha value is -3.01. The fourth-order valence-corrected chi connectivity index (χ4v) is 5.19. The molecule has 2 atom stereocenters. The maximum absolute atomic E-state index is 13.7. The molecule has 1 aliphatic rings. The highest BCUT2D eigenvalue weighted by Gasteiger charge is 2.37. The van der Waals surface area contributed by atoms with E-state index in [0.717, 1.165) is 18.9 Å². The molecular weight excluding hydrogens is 468 g/mol. The zero-order valence-corrected chi connectivity index (χ0v) is 19.5. The number of benzene rings is 1. The van der Waals surface area contributed by atoms with E-state index in [2.05, 4.69) is 15.3 Å². The van der Waals surface area contributed by atoms with Gasteiger partial charge in [0.2, 0.25) is 0 Å². The van der Waals surface area contributed by atoms with Crippen molar-refractivity contribution in [2.24, 2.45) is 5.92 Å². The van der Waals surface area contributed by atoms with Gasteiger partial charge in [0.1, 0.15) is 16.5 Å². The number of rotatable bonds is 5. The number of halogens is 4. The van der Waals surface area contributed by atoms with Crippen molar-refractivity contribution < 1.29 is 22.4 Å². The molecule has 3 aromatic rings. The fraction of sp³-hybridized carbons (Fsp3) is 0.375. The molecule has 1 aliphatic heterocycles. The summed E-state index contributed by atoms with van der Waals surface area (Å²) in [6.07, 6.45) is -1.57. The molecule has 0 bridgehead atoms. The van der Waals surface area contributed by atoms with Gasteiger partial charge in [0, 0.05) is 24.8 Å². The zero-order valence-electron chi connectivity index (χ0n) is 18.7. The van der Waals surface area contributed by atoms with Crippen LogP contribution in [0.1, 0.15) is 40.0 Å². The summed E-state index contributed by atoms with van der Waals surface area (Å²) in [5, 5.41) is 3.53. The Bertz CT molecular complexity index is 1160. The normalized spacial score (nSPS) is 18.7. The summed E-state index contributed by atoms with van der Waals surface area (Å²) in [5.74, 6) is -0.778. The lowest BCUT2D eigenvalue weighted by atomic mass is 9.90. The summed E-state index contributed by atoms with van der Waals surface area (Å²) >= 11 is 1.26. The molecule has 1 saturated heterocycles. The Morgan fingerprint density at radius 2 is 1.97 bits per heavy atom. The van der Waals surface area contributed by atoms with E-state index < -0.39 is 11.7 Å². The summed E-state index contributed by atoms with van der Waals surface area (Å²) in [5.41, 5.74) is 0.284. The Kier molecular flexibility index (Phi) is 6.88. The number of nitrogens with one attached hydrogen (secondary N) is 1. The second-order valence-electron chi connectivity index (χ2n) is 8.38. The first-order valence-corrected chi connectivity index (χ1v) is 11.8. The quantitative estimate of drug-likeness (QED) is 0.442. The molecule has 10 heteroatoms. The third-order valence-electron chi connectivity index (χ3n) is 6.01. The van der Waals surface area contributed by atoms with Gasteiger partial charge in [0.05, 0.1) is 22.3 Å². The van der Waals surface area contributed by atoms with Crippen LogP contribution >= 0.6 is 11.3 Å². The van der Waals surface area contributed by atoms with Gasteiger partial charge in [-0.15, -0.1) is 11.3 Å². The molecule has 1 amide bonds. The van der Waals surface area contributed by atoms with Crippen LogP contribution in [0, 0.1) is 18.7 Å². The molecule has 5 nitrogen and oxygen atoms in total. The van der Waals surface area contributed by atoms with Gasteiger partial charge in [0.15, 0.2) is 0 Å². The maximum Gasteiger partial charge on any atom is 0.419 e. The average molecular weight is 493 g/mol.